The molecular formula is C10H14F3N. The van der Waals surface area contributed by atoms with Crippen LogP contribution in [0.25, 0.3) is 0 Å². The highest BCUT2D eigenvalue weighted by molar-refractivity contribution is 5.33. The summed E-state index contributed by atoms with van der Waals surface area (Å²) in [5.41, 5.74) is 0.497. The van der Waals surface area contributed by atoms with Crippen molar-refractivity contribution in [3.05, 3.63) is 35.6 Å². The van der Waals surface area contributed by atoms with Gasteiger partial charge in [0.25, 0.3) is 0 Å². The minimum atomic E-state index is -4.35. The van der Waals surface area contributed by atoms with Crippen molar-refractivity contribution in [1.82, 2.24) is 5.32 Å². The molecule has 1 nitrogen and oxygen atoms in total. The third kappa shape index (κ3) is 3.68. The Hall–Kier alpha value is -1.19. The number of rotatable bonds is 3. The van der Waals surface area contributed by atoms with Crippen LogP contribution in [0.5, 0.6) is 0 Å². The van der Waals surface area contributed by atoms with E-state index in [9.17, 15) is 13.2 Å². The number of likely N-dealkylation sites (N-methyl/N-ethyl adjacent to an activating group) is 1. The largest absolute Gasteiger partial charge is 0.416 e. The van der Waals surface area contributed by atoms with Crippen molar-refractivity contribution >= 4 is 0 Å². The topological polar surface area (TPSA) is 12.0 Å². The fourth-order valence-electron chi connectivity index (χ4n) is 0.878. The van der Waals surface area contributed by atoms with E-state index in [0.717, 1.165) is 17.7 Å². The molecule has 0 saturated carbocycles. The minimum Gasteiger partial charge on any atom is -0.388 e. The van der Waals surface area contributed by atoms with Gasteiger partial charge in [0.05, 0.1) is 5.57 Å². The zero-order chi connectivity index (χ0) is 11.4. The minimum absolute atomic E-state index is 0.456. The number of hydrogen-bond donors (Lipinski definition) is 1. The van der Waals surface area contributed by atoms with Gasteiger partial charge in [-0.25, -0.2) is 0 Å². The molecule has 0 radical (unpaired) electrons. The Kier molecular flexibility index (Phi) is 4.47. The lowest BCUT2D eigenvalue weighted by molar-refractivity contribution is -0.0882. The molecule has 0 amide bonds. The van der Waals surface area contributed by atoms with Crippen LogP contribution in [0.15, 0.2) is 35.6 Å². The van der Waals surface area contributed by atoms with Crippen molar-refractivity contribution in [2.45, 2.75) is 20.0 Å². The van der Waals surface area contributed by atoms with Gasteiger partial charge in [0, 0.05) is 12.7 Å². The number of hydrogen-bond acceptors (Lipinski definition) is 1. The van der Waals surface area contributed by atoms with E-state index in [4.69, 9.17) is 0 Å². The van der Waals surface area contributed by atoms with Gasteiger partial charge in [-0.3, -0.25) is 0 Å². The van der Waals surface area contributed by atoms with Crippen LogP contribution >= 0.6 is 0 Å². The summed E-state index contributed by atoms with van der Waals surface area (Å²) in [4.78, 5) is 0. The third-order valence-electron chi connectivity index (χ3n) is 1.66. The van der Waals surface area contributed by atoms with Crippen molar-refractivity contribution in [1.29, 1.82) is 0 Å². The lowest BCUT2D eigenvalue weighted by Gasteiger charge is -2.10. The maximum Gasteiger partial charge on any atom is 0.416 e. The average Bonchev–Trinajstić information content (AvgIpc) is 2.03. The molecule has 1 N–H and O–H groups in total. The van der Waals surface area contributed by atoms with E-state index in [2.05, 4.69) is 11.9 Å². The van der Waals surface area contributed by atoms with E-state index in [1.165, 1.54) is 0 Å². The van der Waals surface area contributed by atoms with Gasteiger partial charge in [0.15, 0.2) is 0 Å². The molecule has 80 valence electrons. The second-order valence-corrected chi connectivity index (χ2v) is 2.97. The summed E-state index contributed by atoms with van der Waals surface area (Å²) in [6.45, 7) is 6.61. The fraction of sp³-hybridized carbons (Fsp3) is 0.400. The second kappa shape index (κ2) is 4.88. The van der Waals surface area contributed by atoms with Crippen LogP contribution in [-0.4, -0.2) is 13.2 Å². The van der Waals surface area contributed by atoms with Gasteiger partial charge in [-0.2, -0.15) is 13.2 Å². The molecule has 14 heavy (non-hydrogen) atoms. The molecular weight excluding hydrogens is 191 g/mol. The van der Waals surface area contributed by atoms with E-state index in [0.29, 0.717) is 5.70 Å². The summed E-state index contributed by atoms with van der Waals surface area (Å²) in [6, 6.07) is 0. The maximum absolute atomic E-state index is 12.3. The first kappa shape index (κ1) is 12.8. The first-order valence-corrected chi connectivity index (χ1v) is 4.09. The molecule has 0 bridgehead atoms. The highest BCUT2D eigenvalue weighted by atomic mass is 19.4. The van der Waals surface area contributed by atoms with Gasteiger partial charge in [-0.15, -0.1) is 0 Å². The molecule has 0 spiro atoms. The highest BCUT2D eigenvalue weighted by Gasteiger charge is 2.31. The van der Waals surface area contributed by atoms with Gasteiger partial charge in [-0.1, -0.05) is 18.2 Å². The molecule has 0 rings (SSSR count). The molecule has 0 aromatic heterocycles. The van der Waals surface area contributed by atoms with E-state index in [-0.39, 0.29) is 0 Å². The molecule has 0 aliphatic heterocycles. The first-order valence-electron chi connectivity index (χ1n) is 4.09. The summed E-state index contributed by atoms with van der Waals surface area (Å²) in [6.07, 6.45) is -2.50. The SMILES string of the molecule is C=C/C(=C\C(NC)=C(C)C)C(F)(F)F. The van der Waals surface area contributed by atoms with E-state index < -0.39 is 11.7 Å². The molecule has 0 heterocycles. The Morgan fingerprint density at radius 1 is 1.29 bits per heavy atom. The summed E-state index contributed by atoms with van der Waals surface area (Å²) in [7, 11) is 1.58. The Labute approximate surface area is 82.0 Å². The Bertz CT molecular complexity index is 268. The fourth-order valence-corrected chi connectivity index (χ4v) is 0.878. The molecule has 0 aromatic rings. The molecule has 0 saturated heterocycles. The average molecular weight is 205 g/mol. The van der Waals surface area contributed by atoms with Crippen molar-refractivity contribution in [2.75, 3.05) is 7.05 Å². The zero-order valence-corrected chi connectivity index (χ0v) is 8.50. The maximum atomic E-state index is 12.3. The van der Waals surface area contributed by atoms with E-state index in [1.54, 1.807) is 20.9 Å². The molecule has 0 atom stereocenters. The lowest BCUT2D eigenvalue weighted by atomic mass is 10.1. The monoisotopic (exact) mass is 205 g/mol. The van der Waals surface area contributed by atoms with Crippen molar-refractivity contribution in [2.24, 2.45) is 0 Å². The Balaban J connectivity index is 5.13. The number of allylic oxidation sites excluding steroid dienone is 4. The molecule has 0 unspecified atom stereocenters. The van der Waals surface area contributed by atoms with Gasteiger partial charge >= 0.3 is 6.18 Å². The van der Waals surface area contributed by atoms with Gasteiger partial charge in [-0.05, 0) is 19.9 Å². The van der Waals surface area contributed by atoms with Crippen LogP contribution in [0.1, 0.15) is 13.8 Å². The van der Waals surface area contributed by atoms with Crippen LogP contribution in [0.2, 0.25) is 0 Å². The first-order chi connectivity index (χ1) is 6.32. The molecule has 0 aliphatic carbocycles. The lowest BCUT2D eigenvalue weighted by Crippen LogP contribution is -2.13. The summed E-state index contributed by atoms with van der Waals surface area (Å²) < 4.78 is 36.9. The van der Waals surface area contributed by atoms with Crippen LogP contribution in [-0.2, 0) is 0 Å². The van der Waals surface area contributed by atoms with Crippen LogP contribution < -0.4 is 5.32 Å². The molecule has 0 aromatic carbocycles. The number of alkyl halides is 3. The van der Waals surface area contributed by atoms with Crippen molar-refractivity contribution in [3.8, 4) is 0 Å². The zero-order valence-electron chi connectivity index (χ0n) is 8.50. The predicted molar refractivity (Wildman–Crippen MR) is 51.8 cm³/mol. The summed E-state index contributed by atoms with van der Waals surface area (Å²) >= 11 is 0. The summed E-state index contributed by atoms with van der Waals surface area (Å²) in [5, 5.41) is 2.69. The van der Waals surface area contributed by atoms with Crippen molar-refractivity contribution < 1.29 is 13.2 Å². The van der Waals surface area contributed by atoms with Gasteiger partial charge in [0.2, 0.25) is 0 Å². The standard InChI is InChI=1S/C10H14F3N/c1-5-8(10(11,12)13)6-9(14-4)7(2)3/h5-6,14H,1H2,2-4H3/b8-6+. The summed E-state index contributed by atoms with van der Waals surface area (Å²) in [5.74, 6) is 0. The van der Waals surface area contributed by atoms with Crippen LogP contribution in [0.3, 0.4) is 0 Å². The molecule has 0 fully saturated rings. The van der Waals surface area contributed by atoms with Crippen LogP contribution in [0.4, 0.5) is 13.2 Å². The highest BCUT2D eigenvalue weighted by Crippen LogP contribution is 2.27. The molecule has 4 heteroatoms. The number of halogens is 3. The Morgan fingerprint density at radius 3 is 2.00 bits per heavy atom. The normalized spacial score (nSPS) is 12.3. The second-order valence-electron chi connectivity index (χ2n) is 2.97. The third-order valence-corrected chi connectivity index (χ3v) is 1.66. The van der Waals surface area contributed by atoms with E-state index in [1.807, 2.05) is 0 Å². The Morgan fingerprint density at radius 2 is 1.79 bits per heavy atom. The molecule has 0 aliphatic rings. The van der Waals surface area contributed by atoms with Gasteiger partial charge in [0.1, 0.15) is 0 Å². The van der Waals surface area contributed by atoms with Gasteiger partial charge < -0.3 is 5.32 Å². The van der Waals surface area contributed by atoms with E-state index >= 15 is 0 Å². The predicted octanol–water partition coefficient (Wildman–Crippen LogP) is 3.17. The number of nitrogens with one attached hydrogen (secondary N) is 1. The smallest absolute Gasteiger partial charge is 0.388 e. The van der Waals surface area contributed by atoms with Crippen LogP contribution in [0, 0.1) is 0 Å². The quantitative estimate of drug-likeness (QED) is 0.698. The van der Waals surface area contributed by atoms with Crippen molar-refractivity contribution in [3.63, 3.8) is 0 Å².